The maximum Gasteiger partial charge on any atom is 0.253 e. The summed E-state index contributed by atoms with van der Waals surface area (Å²) >= 11 is 0. The van der Waals surface area contributed by atoms with Gasteiger partial charge in [0.15, 0.2) is 0 Å². The zero-order valence-electron chi connectivity index (χ0n) is 14.5. The number of hydrogen-bond acceptors (Lipinski definition) is 3. The fourth-order valence-electron chi connectivity index (χ4n) is 3.31. The summed E-state index contributed by atoms with van der Waals surface area (Å²) in [6.07, 6.45) is 4.30. The van der Waals surface area contributed by atoms with Gasteiger partial charge >= 0.3 is 0 Å². The number of methoxy groups -OCH3 is 1. The number of para-hydroxylation sites is 2. The van der Waals surface area contributed by atoms with E-state index in [2.05, 4.69) is 16.4 Å². The van der Waals surface area contributed by atoms with E-state index in [1.165, 1.54) is 5.56 Å². The Kier molecular flexibility index (Phi) is 4.35. The second kappa shape index (κ2) is 6.96. The van der Waals surface area contributed by atoms with Crippen LogP contribution in [0.3, 0.4) is 0 Å². The zero-order chi connectivity index (χ0) is 17.9. The van der Waals surface area contributed by atoms with Gasteiger partial charge in [0.1, 0.15) is 17.6 Å². The minimum absolute atomic E-state index is 0.0370. The van der Waals surface area contributed by atoms with Crippen LogP contribution in [0.25, 0.3) is 11.1 Å². The Bertz CT molecular complexity index is 907. The van der Waals surface area contributed by atoms with Gasteiger partial charge in [-0.1, -0.05) is 36.4 Å². The molecule has 5 nitrogen and oxygen atoms in total. The van der Waals surface area contributed by atoms with Crippen molar-refractivity contribution in [2.45, 2.75) is 12.5 Å². The third kappa shape index (κ3) is 3.04. The highest BCUT2D eigenvalue weighted by molar-refractivity contribution is 6.01. The van der Waals surface area contributed by atoms with E-state index in [1.807, 2.05) is 48.7 Å². The third-order valence-electron chi connectivity index (χ3n) is 4.59. The first-order valence-corrected chi connectivity index (χ1v) is 8.59. The lowest BCUT2D eigenvalue weighted by Crippen LogP contribution is -2.34. The fraction of sp³-hybridized carbons (Fsp3) is 0.190. The van der Waals surface area contributed by atoms with E-state index in [0.29, 0.717) is 12.1 Å². The number of aromatic amines is 1. The van der Waals surface area contributed by atoms with Crippen molar-refractivity contribution in [1.29, 1.82) is 0 Å². The quantitative estimate of drug-likeness (QED) is 0.743. The van der Waals surface area contributed by atoms with Gasteiger partial charge in [0.05, 0.1) is 19.2 Å². The first kappa shape index (κ1) is 16.3. The average molecular weight is 348 g/mol. The lowest BCUT2D eigenvalue weighted by atomic mass is 10.0. The van der Waals surface area contributed by atoms with Gasteiger partial charge in [-0.3, -0.25) is 4.79 Å². The van der Waals surface area contributed by atoms with Crippen molar-refractivity contribution in [2.75, 3.05) is 13.7 Å². The Hall–Kier alpha value is -3.21. The van der Waals surface area contributed by atoms with Crippen molar-refractivity contribution in [3.05, 3.63) is 72.1 Å². The summed E-state index contributed by atoms with van der Waals surface area (Å²) in [4.78, 5) is 15.7. The summed E-state index contributed by atoms with van der Waals surface area (Å²) in [6, 6.07) is 15.6. The molecule has 0 fully saturated rings. The first-order valence-electron chi connectivity index (χ1n) is 8.59. The van der Waals surface area contributed by atoms with E-state index in [4.69, 9.17) is 9.47 Å². The molecule has 1 aliphatic rings. The van der Waals surface area contributed by atoms with Crippen molar-refractivity contribution in [3.63, 3.8) is 0 Å². The van der Waals surface area contributed by atoms with Crippen LogP contribution in [-0.2, 0) is 6.42 Å². The largest absolute Gasteiger partial charge is 0.496 e. The number of aromatic nitrogens is 1. The molecule has 5 heteroatoms. The molecule has 0 aliphatic carbocycles. The van der Waals surface area contributed by atoms with Crippen LogP contribution in [0.4, 0.5) is 0 Å². The fourth-order valence-corrected chi connectivity index (χ4v) is 3.31. The Morgan fingerprint density at radius 2 is 1.96 bits per heavy atom. The van der Waals surface area contributed by atoms with Crippen LogP contribution in [0, 0.1) is 0 Å². The lowest BCUT2D eigenvalue weighted by Gasteiger charge is -2.13. The number of rotatable bonds is 5. The highest BCUT2D eigenvalue weighted by Crippen LogP contribution is 2.32. The number of hydrogen-bond donors (Lipinski definition) is 2. The van der Waals surface area contributed by atoms with Crippen molar-refractivity contribution < 1.29 is 14.3 Å². The van der Waals surface area contributed by atoms with Crippen LogP contribution < -0.4 is 14.8 Å². The molecule has 2 N–H and O–H groups in total. The number of ether oxygens (including phenoxy) is 2. The molecular weight excluding hydrogens is 328 g/mol. The second-order valence-corrected chi connectivity index (χ2v) is 6.24. The molecule has 0 saturated carbocycles. The Balaban J connectivity index is 1.46. The molecular formula is C21H20N2O3. The predicted molar refractivity (Wildman–Crippen MR) is 99.7 cm³/mol. The van der Waals surface area contributed by atoms with Gasteiger partial charge in [-0.2, -0.15) is 0 Å². The molecule has 3 aromatic rings. The van der Waals surface area contributed by atoms with E-state index < -0.39 is 0 Å². The molecule has 1 aliphatic heterocycles. The Morgan fingerprint density at radius 3 is 2.81 bits per heavy atom. The number of amides is 1. The lowest BCUT2D eigenvalue weighted by molar-refractivity contribution is 0.0934. The van der Waals surface area contributed by atoms with Gasteiger partial charge in [-0.15, -0.1) is 0 Å². The van der Waals surface area contributed by atoms with Crippen LogP contribution in [0.1, 0.15) is 15.9 Å². The average Bonchev–Trinajstić information content (AvgIpc) is 3.32. The SMILES string of the molecule is COc1ccccc1-c1c[nH]cc1C(=O)NC[C@@H]1Cc2ccccc2O1. The number of carbonyl (C=O) groups excluding carboxylic acids is 1. The summed E-state index contributed by atoms with van der Waals surface area (Å²) in [5.74, 6) is 1.51. The smallest absolute Gasteiger partial charge is 0.253 e. The first-order chi connectivity index (χ1) is 12.8. The molecule has 0 spiro atoms. The number of benzene rings is 2. The molecule has 1 atom stereocenters. The van der Waals surface area contributed by atoms with E-state index in [0.717, 1.165) is 29.0 Å². The maximum absolute atomic E-state index is 12.7. The molecule has 26 heavy (non-hydrogen) atoms. The zero-order valence-corrected chi connectivity index (χ0v) is 14.5. The standard InChI is InChI=1S/C21H20N2O3/c1-25-20-9-5-3-7-16(20)17-12-22-13-18(17)21(24)23-11-15-10-14-6-2-4-8-19(14)26-15/h2-9,12-13,15,22H,10-11H2,1H3,(H,23,24)/t15-/m0/s1. The molecule has 1 aromatic heterocycles. The van der Waals surface area contributed by atoms with E-state index in [1.54, 1.807) is 13.3 Å². The summed E-state index contributed by atoms with van der Waals surface area (Å²) in [6.45, 7) is 0.462. The van der Waals surface area contributed by atoms with Gasteiger partial charge in [0, 0.05) is 29.9 Å². The van der Waals surface area contributed by atoms with Gasteiger partial charge < -0.3 is 19.8 Å². The van der Waals surface area contributed by atoms with Crippen molar-refractivity contribution in [2.24, 2.45) is 0 Å². The summed E-state index contributed by atoms with van der Waals surface area (Å²) < 4.78 is 11.3. The van der Waals surface area contributed by atoms with Gasteiger partial charge in [-0.25, -0.2) is 0 Å². The van der Waals surface area contributed by atoms with Gasteiger partial charge in [-0.05, 0) is 17.7 Å². The molecule has 0 bridgehead atoms. The molecule has 0 unspecified atom stereocenters. The Morgan fingerprint density at radius 1 is 1.15 bits per heavy atom. The monoisotopic (exact) mass is 348 g/mol. The second-order valence-electron chi connectivity index (χ2n) is 6.24. The molecule has 1 amide bonds. The van der Waals surface area contributed by atoms with Gasteiger partial charge in [0.2, 0.25) is 0 Å². The van der Waals surface area contributed by atoms with E-state index in [-0.39, 0.29) is 12.0 Å². The van der Waals surface area contributed by atoms with Crippen LogP contribution >= 0.6 is 0 Å². The number of fused-ring (bicyclic) bond motifs is 1. The minimum atomic E-state index is -0.133. The topological polar surface area (TPSA) is 63.4 Å². The highest BCUT2D eigenvalue weighted by Gasteiger charge is 2.24. The molecule has 132 valence electrons. The number of H-pyrrole nitrogens is 1. The minimum Gasteiger partial charge on any atom is -0.496 e. The van der Waals surface area contributed by atoms with Crippen LogP contribution in [0.2, 0.25) is 0 Å². The van der Waals surface area contributed by atoms with Gasteiger partial charge in [0.25, 0.3) is 5.91 Å². The van der Waals surface area contributed by atoms with Crippen molar-refractivity contribution in [1.82, 2.24) is 10.3 Å². The number of nitrogens with one attached hydrogen (secondary N) is 2. The normalized spacial score (nSPS) is 15.2. The number of carbonyl (C=O) groups is 1. The maximum atomic E-state index is 12.7. The molecule has 0 radical (unpaired) electrons. The molecule has 4 rings (SSSR count). The summed E-state index contributed by atoms with van der Waals surface area (Å²) in [5.41, 5.74) is 3.47. The van der Waals surface area contributed by atoms with Crippen LogP contribution in [0.5, 0.6) is 11.5 Å². The third-order valence-corrected chi connectivity index (χ3v) is 4.59. The summed E-state index contributed by atoms with van der Waals surface area (Å²) in [5, 5.41) is 2.98. The van der Waals surface area contributed by atoms with Crippen molar-refractivity contribution >= 4 is 5.91 Å². The van der Waals surface area contributed by atoms with Crippen LogP contribution in [0.15, 0.2) is 60.9 Å². The molecule has 2 heterocycles. The van der Waals surface area contributed by atoms with E-state index in [9.17, 15) is 4.79 Å². The summed E-state index contributed by atoms with van der Waals surface area (Å²) in [7, 11) is 1.63. The Labute approximate surface area is 152 Å². The highest BCUT2D eigenvalue weighted by atomic mass is 16.5. The van der Waals surface area contributed by atoms with E-state index >= 15 is 0 Å². The van der Waals surface area contributed by atoms with Crippen molar-refractivity contribution in [3.8, 4) is 22.6 Å². The molecule has 2 aromatic carbocycles. The molecule has 0 saturated heterocycles. The van der Waals surface area contributed by atoms with Crippen LogP contribution in [-0.4, -0.2) is 30.6 Å². The predicted octanol–water partition coefficient (Wildman–Crippen LogP) is 3.42.